The average Bonchev–Trinajstić information content (AvgIpc) is 2.58. The van der Waals surface area contributed by atoms with E-state index in [2.05, 4.69) is 0 Å². The van der Waals surface area contributed by atoms with Gasteiger partial charge in [-0.25, -0.2) is 0 Å². The smallest absolute Gasteiger partial charge is 0.134 e. The van der Waals surface area contributed by atoms with Crippen molar-refractivity contribution in [1.29, 1.82) is 0 Å². The first-order valence-corrected chi connectivity index (χ1v) is 11.2. The van der Waals surface area contributed by atoms with Crippen LogP contribution in [0, 0.1) is 0 Å². The maximum Gasteiger partial charge on any atom is 0.310 e. The predicted molar refractivity (Wildman–Crippen MR) is 101 cm³/mol. The van der Waals surface area contributed by atoms with Crippen LogP contribution in [-0.2, 0) is 0 Å². The quantitative estimate of drug-likeness (QED) is 0.440. The van der Waals surface area contributed by atoms with Crippen molar-refractivity contribution < 1.29 is 0 Å². The van der Waals surface area contributed by atoms with E-state index in [0.717, 1.165) is 15.4 Å². The summed E-state index contributed by atoms with van der Waals surface area (Å²) in [6, 6.07) is 29.2. The van der Waals surface area contributed by atoms with Crippen LogP contribution in [0.3, 0.4) is 0 Å². The van der Waals surface area contributed by atoms with Gasteiger partial charge in [0, 0.05) is 5.02 Å². The van der Waals surface area contributed by atoms with Crippen molar-refractivity contribution in [3.8, 4) is 0 Å². The van der Waals surface area contributed by atoms with Crippen LogP contribution in [-0.4, -0.2) is 6.69 Å². The first-order chi connectivity index (χ1) is 10.6. The Morgan fingerprint density at radius 1 is 0.500 bits per heavy atom. The van der Waals surface area contributed by atoms with Crippen LogP contribution in [0.1, 0.15) is 0 Å². The Hall–Kier alpha value is -1.25. The Balaban J connectivity index is 0.000000211. The summed E-state index contributed by atoms with van der Waals surface area (Å²) in [5.74, 6) is 0. The molecule has 0 amide bonds. The van der Waals surface area contributed by atoms with Gasteiger partial charge >= 0.3 is 6.69 Å². The molecule has 0 unspecified atom stereocenters. The van der Waals surface area contributed by atoms with Gasteiger partial charge in [0.1, 0.15) is 0 Å². The Bertz CT molecular complexity index is 629. The van der Waals surface area contributed by atoms with Gasteiger partial charge in [-0.2, -0.15) is 0 Å². The molecule has 0 aliphatic carbocycles. The third-order valence-corrected chi connectivity index (χ3v) is 7.99. The van der Waals surface area contributed by atoms with Crippen molar-refractivity contribution in [1.82, 2.24) is 0 Å². The zero-order valence-electron chi connectivity index (χ0n) is 11.8. The molecule has 0 bridgehead atoms. The van der Waals surface area contributed by atoms with Gasteiger partial charge < -0.3 is 0 Å². The Labute approximate surface area is 146 Å². The molecule has 0 radical (unpaired) electrons. The summed E-state index contributed by atoms with van der Waals surface area (Å²) in [7, 11) is 0. The van der Waals surface area contributed by atoms with Gasteiger partial charge in [0.25, 0.3) is 0 Å². The van der Waals surface area contributed by atoms with E-state index in [0.29, 0.717) is 0 Å². The lowest BCUT2D eigenvalue weighted by molar-refractivity contribution is 1.71. The molecule has 3 aromatic carbocycles. The fourth-order valence-corrected chi connectivity index (χ4v) is 5.09. The first kappa shape index (κ1) is 17.1. The second-order valence-corrected chi connectivity index (χ2v) is 11.3. The van der Waals surface area contributed by atoms with E-state index in [1.54, 1.807) is 0 Å². The summed E-state index contributed by atoms with van der Waals surface area (Å²) in [6.45, 7) is -2.51. The lowest BCUT2D eigenvalue weighted by Crippen LogP contribution is -2.48. The van der Waals surface area contributed by atoms with E-state index in [-0.39, 0.29) is 0 Å². The minimum absolute atomic E-state index is 0.794. The summed E-state index contributed by atoms with van der Waals surface area (Å²) in [6.07, 6.45) is 0. The number of benzene rings is 3. The molecule has 3 rings (SSSR count). The molecule has 0 fully saturated rings. The molecular weight excluding hydrogens is 351 g/mol. The molecule has 0 aliphatic heterocycles. The van der Waals surface area contributed by atoms with Crippen LogP contribution in [0.2, 0.25) is 5.02 Å². The van der Waals surface area contributed by atoms with Crippen LogP contribution in [0.25, 0.3) is 0 Å². The molecule has 112 valence electrons. The van der Waals surface area contributed by atoms with Gasteiger partial charge in [0.2, 0.25) is 0 Å². The van der Waals surface area contributed by atoms with Gasteiger partial charge in [-0.05, 0) is 22.5 Å². The minimum Gasteiger partial charge on any atom is -0.134 e. The number of hydrogen-bond donors (Lipinski definition) is 0. The highest BCUT2D eigenvalue weighted by atomic mass is 35.7. The van der Waals surface area contributed by atoms with Crippen molar-refractivity contribution in [3.05, 3.63) is 96.0 Å². The highest BCUT2D eigenvalue weighted by Gasteiger charge is 2.32. The van der Waals surface area contributed by atoms with Gasteiger partial charge in [0.05, 0.1) is 0 Å². The Kier molecular flexibility index (Phi) is 6.53. The van der Waals surface area contributed by atoms with E-state index in [4.69, 9.17) is 33.8 Å². The molecular formula is C18H15Cl3Si. The normalized spacial score (nSPS) is 10.5. The molecule has 0 atom stereocenters. The molecule has 0 N–H and O–H groups in total. The molecule has 0 saturated heterocycles. The fourth-order valence-electron chi connectivity index (χ4n) is 1.88. The second kappa shape index (κ2) is 8.40. The van der Waals surface area contributed by atoms with Gasteiger partial charge in [0.15, 0.2) is 0 Å². The number of hydrogen-bond acceptors (Lipinski definition) is 0. The summed E-state index contributed by atoms with van der Waals surface area (Å²) in [5.41, 5.74) is 0. The molecule has 3 aromatic rings. The molecule has 0 nitrogen and oxygen atoms in total. The lowest BCUT2D eigenvalue weighted by Gasteiger charge is -2.17. The highest BCUT2D eigenvalue weighted by Crippen LogP contribution is 2.14. The van der Waals surface area contributed by atoms with Crippen LogP contribution in [0.4, 0.5) is 0 Å². The van der Waals surface area contributed by atoms with Crippen molar-refractivity contribution in [2.75, 3.05) is 0 Å². The monoisotopic (exact) mass is 364 g/mol. The Morgan fingerprint density at radius 3 is 1.09 bits per heavy atom. The Morgan fingerprint density at radius 2 is 0.818 bits per heavy atom. The van der Waals surface area contributed by atoms with Crippen molar-refractivity contribution in [2.24, 2.45) is 0 Å². The van der Waals surface area contributed by atoms with E-state index in [9.17, 15) is 0 Å². The van der Waals surface area contributed by atoms with Crippen LogP contribution in [0.15, 0.2) is 91.0 Å². The summed E-state index contributed by atoms with van der Waals surface area (Å²) in [4.78, 5) is 0. The summed E-state index contributed by atoms with van der Waals surface area (Å²) >= 11 is 18.5. The van der Waals surface area contributed by atoms with E-state index in [1.165, 1.54) is 0 Å². The van der Waals surface area contributed by atoms with Crippen LogP contribution >= 0.6 is 33.8 Å². The fraction of sp³-hybridized carbons (Fsp3) is 0. The standard InChI is InChI=1S/C12H10Cl2Si.C6H5Cl/c13-15(14,11-7-3-1-4-8-11)12-9-5-2-6-10-12;7-6-4-2-1-3-5-6/h1-10H;1-5H. The molecule has 0 spiro atoms. The van der Waals surface area contributed by atoms with Crippen LogP contribution < -0.4 is 10.4 Å². The zero-order chi connectivity index (χ0) is 15.8. The minimum atomic E-state index is -2.51. The average molecular weight is 366 g/mol. The first-order valence-electron chi connectivity index (χ1n) is 6.80. The maximum atomic E-state index is 6.49. The lowest BCUT2D eigenvalue weighted by atomic mass is 10.4. The molecule has 0 saturated carbocycles. The van der Waals surface area contributed by atoms with Crippen molar-refractivity contribution >= 4 is 50.8 Å². The third kappa shape index (κ3) is 4.89. The van der Waals surface area contributed by atoms with Gasteiger partial charge in [-0.3, -0.25) is 0 Å². The predicted octanol–water partition coefficient (Wildman–Crippen LogP) is 5.06. The molecule has 0 aromatic heterocycles. The van der Waals surface area contributed by atoms with Crippen LogP contribution in [0.5, 0.6) is 0 Å². The van der Waals surface area contributed by atoms with E-state index < -0.39 is 6.69 Å². The zero-order valence-corrected chi connectivity index (χ0v) is 15.1. The van der Waals surface area contributed by atoms with Crippen molar-refractivity contribution in [3.63, 3.8) is 0 Å². The van der Waals surface area contributed by atoms with Crippen molar-refractivity contribution in [2.45, 2.75) is 0 Å². The number of halogens is 3. The summed E-state index contributed by atoms with van der Waals surface area (Å²) in [5, 5.41) is 2.85. The maximum absolute atomic E-state index is 6.49. The second-order valence-electron chi connectivity index (χ2n) is 4.60. The van der Waals surface area contributed by atoms with Gasteiger partial charge in [-0.1, -0.05) is 90.5 Å². The van der Waals surface area contributed by atoms with Gasteiger partial charge in [-0.15, -0.1) is 22.2 Å². The summed E-state index contributed by atoms with van der Waals surface area (Å²) < 4.78 is 0. The molecule has 0 heterocycles. The van der Waals surface area contributed by atoms with E-state index in [1.807, 2.05) is 91.0 Å². The molecule has 0 aliphatic rings. The highest BCUT2D eigenvalue weighted by molar-refractivity contribution is 7.56. The number of rotatable bonds is 2. The largest absolute Gasteiger partial charge is 0.310 e. The molecule has 22 heavy (non-hydrogen) atoms. The topological polar surface area (TPSA) is 0 Å². The third-order valence-electron chi connectivity index (χ3n) is 3.01. The SMILES string of the molecule is Cl[Si](Cl)(c1ccccc1)c1ccccc1.Clc1ccccc1. The molecule has 4 heteroatoms. The van der Waals surface area contributed by atoms with E-state index >= 15 is 0 Å².